The summed E-state index contributed by atoms with van der Waals surface area (Å²) >= 11 is 0. The molecule has 0 saturated heterocycles. The third kappa shape index (κ3) is 4.38. The predicted octanol–water partition coefficient (Wildman–Crippen LogP) is 3.96. The van der Waals surface area contributed by atoms with Crippen LogP contribution in [0.2, 0.25) is 0 Å². The number of hydrogen-bond acceptors (Lipinski definition) is 3. The maximum Gasteiger partial charge on any atom is 0.194 e. The van der Waals surface area contributed by atoms with E-state index in [-0.39, 0.29) is 5.43 Å². The lowest BCUT2D eigenvalue weighted by Crippen LogP contribution is -2.33. The molecule has 1 heterocycles. The van der Waals surface area contributed by atoms with Gasteiger partial charge in [-0.05, 0) is 37.0 Å². The van der Waals surface area contributed by atoms with Crippen molar-refractivity contribution >= 4 is 10.9 Å². The molecule has 0 spiro atoms. The molecule has 0 aliphatic heterocycles. The van der Waals surface area contributed by atoms with Crippen molar-refractivity contribution in [2.75, 3.05) is 20.2 Å². The van der Waals surface area contributed by atoms with Gasteiger partial charge in [0.05, 0.1) is 7.11 Å². The van der Waals surface area contributed by atoms with Crippen LogP contribution in [0.1, 0.15) is 39.0 Å². The minimum Gasteiger partial charge on any atom is -0.497 e. The second kappa shape index (κ2) is 7.84. The molecule has 0 aliphatic carbocycles. The number of aromatic amines is 1. The summed E-state index contributed by atoms with van der Waals surface area (Å²) in [6, 6.07) is 5.61. The molecule has 2 aromatic rings. The van der Waals surface area contributed by atoms with Crippen molar-refractivity contribution in [3.8, 4) is 5.75 Å². The van der Waals surface area contributed by atoms with Crippen LogP contribution in [0.15, 0.2) is 23.0 Å². The zero-order valence-electron chi connectivity index (χ0n) is 15.8. The number of hydrogen-bond donors (Lipinski definition) is 1. The summed E-state index contributed by atoms with van der Waals surface area (Å²) in [5.74, 6) is 1.86. The number of pyridine rings is 1. The van der Waals surface area contributed by atoms with Crippen molar-refractivity contribution in [3.63, 3.8) is 0 Å². The fourth-order valence-corrected chi connectivity index (χ4v) is 3.21. The van der Waals surface area contributed by atoms with Gasteiger partial charge >= 0.3 is 0 Å². The van der Waals surface area contributed by atoms with E-state index >= 15 is 0 Å². The number of aryl methyl sites for hydroxylation is 1. The molecule has 0 aliphatic rings. The number of rotatable bonds is 7. The van der Waals surface area contributed by atoms with E-state index in [1.807, 2.05) is 25.1 Å². The van der Waals surface area contributed by atoms with E-state index in [0.29, 0.717) is 29.5 Å². The number of nitrogens with one attached hydrogen (secondary N) is 1. The summed E-state index contributed by atoms with van der Waals surface area (Å²) in [7, 11) is 1.62. The minimum absolute atomic E-state index is 0.109. The van der Waals surface area contributed by atoms with E-state index in [4.69, 9.17) is 4.74 Å². The normalized spacial score (nSPS) is 11.9. The fourth-order valence-electron chi connectivity index (χ4n) is 3.21. The van der Waals surface area contributed by atoms with Crippen molar-refractivity contribution < 1.29 is 4.74 Å². The Labute approximate surface area is 144 Å². The van der Waals surface area contributed by atoms with E-state index in [0.717, 1.165) is 29.9 Å². The third-order valence-electron chi connectivity index (χ3n) is 4.15. The van der Waals surface area contributed by atoms with Crippen LogP contribution in [0.5, 0.6) is 5.75 Å². The van der Waals surface area contributed by atoms with E-state index in [9.17, 15) is 4.79 Å². The van der Waals surface area contributed by atoms with Crippen LogP contribution in [0, 0.1) is 18.8 Å². The Kier molecular flexibility index (Phi) is 6.05. The first-order chi connectivity index (χ1) is 11.3. The van der Waals surface area contributed by atoms with Gasteiger partial charge in [0, 0.05) is 41.8 Å². The predicted molar refractivity (Wildman–Crippen MR) is 101 cm³/mol. The Morgan fingerprint density at radius 2 is 1.75 bits per heavy atom. The molecule has 2 rings (SSSR count). The Morgan fingerprint density at radius 1 is 1.12 bits per heavy atom. The molecule has 0 bridgehead atoms. The summed E-state index contributed by atoms with van der Waals surface area (Å²) in [6.07, 6.45) is 0. The minimum atomic E-state index is 0.109. The lowest BCUT2D eigenvalue weighted by atomic mass is 10.1. The molecule has 0 fully saturated rings. The van der Waals surface area contributed by atoms with Crippen molar-refractivity contribution in [1.82, 2.24) is 9.88 Å². The smallest absolute Gasteiger partial charge is 0.194 e. The monoisotopic (exact) mass is 330 g/mol. The summed E-state index contributed by atoms with van der Waals surface area (Å²) in [5.41, 5.74) is 2.78. The molecule has 132 valence electrons. The van der Waals surface area contributed by atoms with Crippen molar-refractivity contribution in [2.24, 2.45) is 11.8 Å². The first-order valence-corrected chi connectivity index (χ1v) is 8.73. The quantitative estimate of drug-likeness (QED) is 0.836. The van der Waals surface area contributed by atoms with Crippen LogP contribution < -0.4 is 10.2 Å². The van der Waals surface area contributed by atoms with Gasteiger partial charge in [0.15, 0.2) is 5.43 Å². The van der Waals surface area contributed by atoms with Gasteiger partial charge in [0.1, 0.15) is 5.75 Å². The van der Waals surface area contributed by atoms with Gasteiger partial charge < -0.3 is 9.72 Å². The average molecular weight is 330 g/mol. The number of H-pyrrole nitrogens is 1. The van der Waals surface area contributed by atoms with Gasteiger partial charge in [-0.15, -0.1) is 0 Å². The lowest BCUT2D eigenvalue weighted by molar-refractivity contribution is 0.210. The highest BCUT2D eigenvalue weighted by Crippen LogP contribution is 2.19. The van der Waals surface area contributed by atoms with Crippen molar-refractivity contribution in [1.29, 1.82) is 0 Å². The highest BCUT2D eigenvalue weighted by molar-refractivity contribution is 5.81. The van der Waals surface area contributed by atoms with Gasteiger partial charge in [-0.3, -0.25) is 9.69 Å². The van der Waals surface area contributed by atoms with Crippen LogP contribution in [-0.4, -0.2) is 30.1 Å². The van der Waals surface area contributed by atoms with Crippen LogP contribution in [0.3, 0.4) is 0 Å². The fraction of sp³-hybridized carbons (Fsp3) is 0.550. The number of methoxy groups -OCH3 is 1. The van der Waals surface area contributed by atoms with Gasteiger partial charge in [-0.2, -0.15) is 0 Å². The summed E-state index contributed by atoms with van der Waals surface area (Å²) in [6.45, 7) is 13.5. The molecule has 0 radical (unpaired) electrons. The van der Waals surface area contributed by atoms with Crippen molar-refractivity contribution in [3.05, 3.63) is 39.7 Å². The molecule has 1 aromatic heterocycles. The molecule has 0 amide bonds. The summed E-state index contributed by atoms with van der Waals surface area (Å²) in [5, 5.41) is 0.698. The molecular formula is C20H30N2O2. The second-order valence-electron chi connectivity index (χ2n) is 7.45. The first-order valence-electron chi connectivity index (χ1n) is 8.73. The number of ether oxygens (including phenoxy) is 1. The second-order valence-corrected chi connectivity index (χ2v) is 7.45. The van der Waals surface area contributed by atoms with Crippen LogP contribution in [0.25, 0.3) is 10.9 Å². The maximum atomic E-state index is 13.0. The molecule has 0 atom stereocenters. The standard InChI is InChI=1S/C20H30N2O2/c1-13(2)10-22(11-14(3)4)12-18-15(5)21-19-8-7-16(24-6)9-17(19)20(18)23/h7-9,13-14H,10-12H2,1-6H3,(H,21,23). The van der Waals surface area contributed by atoms with E-state index in [2.05, 4.69) is 37.6 Å². The van der Waals surface area contributed by atoms with Crippen LogP contribution in [-0.2, 0) is 6.54 Å². The van der Waals surface area contributed by atoms with Gasteiger partial charge in [-0.25, -0.2) is 0 Å². The molecular weight excluding hydrogens is 300 g/mol. The Hall–Kier alpha value is -1.81. The van der Waals surface area contributed by atoms with Crippen molar-refractivity contribution in [2.45, 2.75) is 41.2 Å². The van der Waals surface area contributed by atoms with E-state index in [1.54, 1.807) is 7.11 Å². The average Bonchev–Trinajstić information content (AvgIpc) is 2.49. The van der Waals surface area contributed by atoms with Crippen LogP contribution in [0.4, 0.5) is 0 Å². The SMILES string of the molecule is COc1ccc2[nH]c(C)c(CN(CC(C)C)CC(C)C)c(=O)c2c1. The van der Waals surface area contributed by atoms with E-state index in [1.165, 1.54) is 0 Å². The first kappa shape index (κ1) is 18.5. The molecule has 1 N–H and O–H groups in total. The van der Waals surface area contributed by atoms with Gasteiger partial charge in [0.25, 0.3) is 0 Å². The number of aromatic nitrogens is 1. The zero-order chi connectivity index (χ0) is 17.9. The highest BCUT2D eigenvalue weighted by atomic mass is 16.5. The molecule has 4 heteroatoms. The van der Waals surface area contributed by atoms with Gasteiger partial charge in [-0.1, -0.05) is 27.7 Å². The summed E-state index contributed by atoms with van der Waals surface area (Å²) in [4.78, 5) is 18.8. The zero-order valence-corrected chi connectivity index (χ0v) is 15.8. The Morgan fingerprint density at radius 3 is 2.29 bits per heavy atom. The molecule has 0 saturated carbocycles. The number of benzene rings is 1. The molecule has 0 unspecified atom stereocenters. The van der Waals surface area contributed by atoms with Crippen LogP contribution >= 0.6 is 0 Å². The maximum absolute atomic E-state index is 13.0. The molecule has 24 heavy (non-hydrogen) atoms. The Bertz CT molecular complexity index is 737. The number of fused-ring (bicyclic) bond motifs is 1. The van der Waals surface area contributed by atoms with Gasteiger partial charge in [0.2, 0.25) is 0 Å². The summed E-state index contributed by atoms with van der Waals surface area (Å²) < 4.78 is 5.27. The third-order valence-corrected chi connectivity index (χ3v) is 4.15. The largest absolute Gasteiger partial charge is 0.497 e. The topological polar surface area (TPSA) is 45.3 Å². The highest BCUT2D eigenvalue weighted by Gasteiger charge is 2.16. The molecule has 4 nitrogen and oxygen atoms in total. The lowest BCUT2D eigenvalue weighted by Gasteiger charge is -2.26. The van der Waals surface area contributed by atoms with E-state index < -0.39 is 0 Å². The molecule has 1 aromatic carbocycles. The number of nitrogens with zero attached hydrogens (tertiary/aromatic N) is 1. The Balaban J connectivity index is 2.44.